The summed E-state index contributed by atoms with van der Waals surface area (Å²) in [5.41, 5.74) is 4.24. The zero-order valence-electron chi connectivity index (χ0n) is 8.66. The Kier molecular flexibility index (Phi) is 2.05. The average molecular weight is 198 g/mol. The molecular formula is C13H14N2. The topological polar surface area (TPSA) is 28.7 Å². The van der Waals surface area contributed by atoms with Gasteiger partial charge in [0.2, 0.25) is 0 Å². The normalized spacial score (nSPS) is 14.9. The van der Waals surface area contributed by atoms with Crippen LogP contribution in [0.25, 0.3) is 11.4 Å². The molecule has 2 aromatic rings. The number of hydrogen-bond donors (Lipinski definition) is 1. The highest BCUT2D eigenvalue weighted by Gasteiger charge is 2.10. The third-order valence-corrected chi connectivity index (χ3v) is 3.12. The van der Waals surface area contributed by atoms with Crippen molar-refractivity contribution in [2.75, 3.05) is 0 Å². The molecule has 1 aromatic heterocycles. The van der Waals surface area contributed by atoms with Crippen molar-refractivity contribution in [2.24, 2.45) is 0 Å². The summed E-state index contributed by atoms with van der Waals surface area (Å²) in [6.07, 6.45) is 8.81. The van der Waals surface area contributed by atoms with Gasteiger partial charge in [0.1, 0.15) is 5.82 Å². The summed E-state index contributed by atoms with van der Waals surface area (Å²) in [6, 6.07) is 6.71. The van der Waals surface area contributed by atoms with Gasteiger partial charge in [-0.05, 0) is 42.9 Å². The minimum absolute atomic E-state index is 0.975. The standard InChI is InChI=1S/C13H14N2/c1-2-4-11-9-12(6-5-10(11)3-1)13-14-7-8-15-13/h5-9H,1-4H2,(H,14,15). The zero-order valence-corrected chi connectivity index (χ0v) is 8.66. The number of imidazole rings is 1. The largest absolute Gasteiger partial charge is 0.345 e. The number of nitrogens with one attached hydrogen (secondary N) is 1. The Balaban J connectivity index is 2.04. The fraction of sp³-hybridized carbons (Fsp3) is 0.308. The Morgan fingerprint density at radius 1 is 1.07 bits per heavy atom. The van der Waals surface area contributed by atoms with E-state index in [0.29, 0.717) is 0 Å². The van der Waals surface area contributed by atoms with Gasteiger partial charge in [0.15, 0.2) is 0 Å². The molecule has 1 aliphatic carbocycles. The van der Waals surface area contributed by atoms with Crippen LogP contribution in [0.15, 0.2) is 30.6 Å². The van der Waals surface area contributed by atoms with E-state index in [1.54, 1.807) is 6.20 Å². The zero-order chi connectivity index (χ0) is 10.1. The van der Waals surface area contributed by atoms with E-state index in [1.165, 1.54) is 42.4 Å². The lowest BCUT2D eigenvalue weighted by Gasteiger charge is -2.15. The molecule has 0 unspecified atom stereocenters. The maximum absolute atomic E-state index is 4.28. The monoisotopic (exact) mass is 198 g/mol. The molecule has 0 saturated carbocycles. The molecule has 0 bridgehead atoms. The molecule has 1 aliphatic rings. The van der Waals surface area contributed by atoms with Gasteiger partial charge in [0.25, 0.3) is 0 Å². The molecule has 0 spiro atoms. The molecule has 76 valence electrons. The molecule has 0 amide bonds. The molecule has 0 fully saturated rings. The number of aromatic amines is 1. The first-order chi connectivity index (χ1) is 7.43. The Labute approximate surface area is 89.4 Å². The fourth-order valence-electron chi connectivity index (χ4n) is 2.30. The molecule has 0 atom stereocenters. The summed E-state index contributed by atoms with van der Waals surface area (Å²) in [6.45, 7) is 0. The molecule has 1 aromatic carbocycles. The molecule has 3 rings (SSSR count). The molecule has 2 nitrogen and oxygen atoms in total. The lowest BCUT2D eigenvalue weighted by atomic mass is 9.90. The third-order valence-electron chi connectivity index (χ3n) is 3.12. The van der Waals surface area contributed by atoms with E-state index in [1.807, 2.05) is 6.20 Å². The van der Waals surface area contributed by atoms with Gasteiger partial charge in [-0.3, -0.25) is 0 Å². The Morgan fingerprint density at radius 3 is 2.73 bits per heavy atom. The van der Waals surface area contributed by atoms with Gasteiger partial charge in [0, 0.05) is 18.0 Å². The van der Waals surface area contributed by atoms with E-state index in [4.69, 9.17) is 0 Å². The molecule has 1 N–H and O–H groups in total. The summed E-state index contributed by atoms with van der Waals surface area (Å²) in [4.78, 5) is 7.43. The van der Waals surface area contributed by atoms with Crippen molar-refractivity contribution in [1.29, 1.82) is 0 Å². The Morgan fingerprint density at radius 2 is 1.93 bits per heavy atom. The average Bonchev–Trinajstić information content (AvgIpc) is 2.82. The quantitative estimate of drug-likeness (QED) is 0.749. The lowest BCUT2D eigenvalue weighted by Crippen LogP contribution is -2.02. The van der Waals surface area contributed by atoms with E-state index in [9.17, 15) is 0 Å². The van der Waals surface area contributed by atoms with Crippen LogP contribution in [0.4, 0.5) is 0 Å². The van der Waals surface area contributed by atoms with Crippen LogP contribution in [-0.2, 0) is 12.8 Å². The van der Waals surface area contributed by atoms with Gasteiger partial charge in [0.05, 0.1) is 0 Å². The lowest BCUT2D eigenvalue weighted by molar-refractivity contribution is 0.686. The maximum Gasteiger partial charge on any atom is 0.137 e. The van der Waals surface area contributed by atoms with Crippen molar-refractivity contribution in [1.82, 2.24) is 9.97 Å². The predicted octanol–water partition coefficient (Wildman–Crippen LogP) is 2.96. The van der Waals surface area contributed by atoms with Crippen LogP contribution < -0.4 is 0 Å². The summed E-state index contributed by atoms with van der Waals surface area (Å²) < 4.78 is 0. The summed E-state index contributed by atoms with van der Waals surface area (Å²) in [5, 5.41) is 0. The summed E-state index contributed by atoms with van der Waals surface area (Å²) in [7, 11) is 0. The van der Waals surface area contributed by atoms with E-state index in [0.717, 1.165) is 5.82 Å². The highest BCUT2D eigenvalue weighted by molar-refractivity contribution is 5.57. The highest BCUT2D eigenvalue weighted by Crippen LogP contribution is 2.25. The molecular weight excluding hydrogens is 184 g/mol. The van der Waals surface area contributed by atoms with Crippen LogP contribution in [0.3, 0.4) is 0 Å². The van der Waals surface area contributed by atoms with Crippen LogP contribution in [0.2, 0.25) is 0 Å². The van der Waals surface area contributed by atoms with Gasteiger partial charge >= 0.3 is 0 Å². The SMILES string of the molecule is c1c[nH]c(-c2ccc3c(c2)CCCC3)n1. The number of fused-ring (bicyclic) bond motifs is 1. The number of benzene rings is 1. The van der Waals surface area contributed by atoms with Crippen LogP contribution in [0.1, 0.15) is 24.0 Å². The van der Waals surface area contributed by atoms with E-state index >= 15 is 0 Å². The second-order valence-electron chi connectivity index (χ2n) is 4.13. The number of hydrogen-bond acceptors (Lipinski definition) is 1. The number of rotatable bonds is 1. The van der Waals surface area contributed by atoms with E-state index in [2.05, 4.69) is 28.2 Å². The highest BCUT2D eigenvalue weighted by atomic mass is 14.9. The maximum atomic E-state index is 4.28. The van der Waals surface area contributed by atoms with Crippen molar-refractivity contribution in [3.05, 3.63) is 41.7 Å². The molecule has 1 heterocycles. The predicted molar refractivity (Wildman–Crippen MR) is 60.7 cm³/mol. The number of H-pyrrole nitrogens is 1. The van der Waals surface area contributed by atoms with Crippen LogP contribution >= 0.6 is 0 Å². The van der Waals surface area contributed by atoms with Crippen LogP contribution in [0.5, 0.6) is 0 Å². The second-order valence-corrected chi connectivity index (χ2v) is 4.13. The molecule has 0 aliphatic heterocycles. The minimum atomic E-state index is 0.975. The first kappa shape index (κ1) is 8.72. The van der Waals surface area contributed by atoms with Crippen molar-refractivity contribution in [2.45, 2.75) is 25.7 Å². The van der Waals surface area contributed by atoms with Gasteiger partial charge in [-0.15, -0.1) is 0 Å². The number of nitrogens with zero attached hydrogens (tertiary/aromatic N) is 1. The van der Waals surface area contributed by atoms with Gasteiger partial charge in [-0.1, -0.05) is 12.1 Å². The third kappa shape index (κ3) is 1.56. The van der Waals surface area contributed by atoms with Crippen molar-refractivity contribution in [3.8, 4) is 11.4 Å². The summed E-state index contributed by atoms with van der Waals surface area (Å²) >= 11 is 0. The second kappa shape index (κ2) is 3.54. The molecule has 15 heavy (non-hydrogen) atoms. The van der Waals surface area contributed by atoms with Gasteiger partial charge < -0.3 is 4.98 Å². The first-order valence-corrected chi connectivity index (χ1v) is 5.55. The van der Waals surface area contributed by atoms with Crippen molar-refractivity contribution in [3.63, 3.8) is 0 Å². The fourth-order valence-corrected chi connectivity index (χ4v) is 2.30. The van der Waals surface area contributed by atoms with E-state index in [-0.39, 0.29) is 0 Å². The molecule has 2 heteroatoms. The molecule has 0 radical (unpaired) electrons. The number of aromatic nitrogens is 2. The van der Waals surface area contributed by atoms with Gasteiger partial charge in [-0.2, -0.15) is 0 Å². The molecule has 0 saturated heterocycles. The Bertz CT molecular complexity index is 457. The van der Waals surface area contributed by atoms with Crippen molar-refractivity contribution < 1.29 is 0 Å². The minimum Gasteiger partial charge on any atom is -0.345 e. The van der Waals surface area contributed by atoms with Crippen LogP contribution in [-0.4, -0.2) is 9.97 Å². The van der Waals surface area contributed by atoms with Crippen LogP contribution in [0, 0.1) is 0 Å². The Hall–Kier alpha value is -1.57. The van der Waals surface area contributed by atoms with E-state index < -0.39 is 0 Å². The number of aryl methyl sites for hydroxylation is 2. The van der Waals surface area contributed by atoms with Gasteiger partial charge in [-0.25, -0.2) is 4.98 Å². The van der Waals surface area contributed by atoms with Crippen molar-refractivity contribution >= 4 is 0 Å². The smallest absolute Gasteiger partial charge is 0.137 e. The summed E-state index contributed by atoms with van der Waals surface area (Å²) in [5.74, 6) is 0.975. The first-order valence-electron chi connectivity index (χ1n) is 5.55.